The topological polar surface area (TPSA) is 59.2 Å². The van der Waals surface area contributed by atoms with E-state index in [2.05, 4.69) is 18.8 Å². The van der Waals surface area contributed by atoms with Gasteiger partial charge >= 0.3 is 0 Å². The van der Waals surface area contributed by atoms with Crippen LogP contribution in [0.25, 0.3) is 0 Å². The lowest BCUT2D eigenvalue weighted by Crippen LogP contribution is -2.43. The smallest absolute Gasteiger partial charge is 0.273 e. The summed E-state index contributed by atoms with van der Waals surface area (Å²) in [6, 6.07) is 0. The Morgan fingerprint density at radius 1 is 1.62 bits per heavy atom. The number of nitrogens with zero attached hydrogens (tertiary/aromatic N) is 2. The molecule has 0 bridgehead atoms. The molecular weight excluding hydrogens is 222 g/mol. The summed E-state index contributed by atoms with van der Waals surface area (Å²) in [6.45, 7) is 6.03. The van der Waals surface area contributed by atoms with E-state index in [1.54, 1.807) is 5.38 Å². The third-order valence-corrected chi connectivity index (χ3v) is 3.60. The Balaban J connectivity index is 2.10. The number of carbonyl (C=O) groups is 1. The van der Waals surface area contributed by atoms with Gasteiger partial charge in [0.25, 0.3) is 5.91 Å². The van der Waals surface area contributed by atoms with E-state index < -0.39 is 0 Å². The number of nitrogen functional groups attached to an aromatic ring is 1. The van der Waals surface area contributed by atoms with Crippen molar-refractivity contribution >= 4 is 22.4 Å². The second-order valence-corrected chi connectivity index (χ2v) is 5.96. The number of nitrogens with two attached hydrogens (primary N) is 1. The quantitative estimate of drug-likeness (QED) is 0.815. The van der Waals surface area contributed by atoms with Gasteiger partial charge in [-0.3, -0.25) is 4.79 Å². The monoisotopic (exact) mass is 239 g/mol. The maximum atomic E-state index is 12.1. The van der Waals surface area contributed by atoms with Crippen molar-refractivity contribution in [3.8, 4) is 0 Å². The highest BCUT2D eigenvalue weighted by Crippen LogP contribution is 2.29. The van der Waals surface area contributed by atoms with E-state index in [1.165, 1.54) is 17.8 Å². The van der Waals surface area contributed by atoms with Crippen LogP contribution in [-0.4, -0.2) is 28.9 Å². The molecule has 1 aliphatic rings. The number of thiazole rings is 1. The zero-order chi connectivity index (χ0) is 11.8. The van der Waals surface area contributed by atoms with E-state index in [0.29, 0.717) is 10.8 Å². The zero-order valence-electron chi connectivity index (χ0n) is 9.69. The molecule has 0 saturated carbocycles. The molecule has 1 aromatic rings. The van der Waals surface area contributed by atoms with Crippen LogP contribution in [0.3, 0.4) is 0 Å². The van der Waals surface area contributed by atoms with Crippen LogP contribution in [0.15, 0.2) is 5.38 Å². The van der Waals surface area contributed by atoms with Crippen molar-refractivity contribution in [3.63, 3.8) is 0 Å². The van der Waals surface area contributed by atoms with E-state index in [0.717, 1.165) is 19.5 Å². The normalized spacial score (nSPS) is 19.8. The Morgan fingerprint density at radius 2 is 2.38 bits per heavy atom. The summed E-state index contributed by atoms with van der Waals surface area (Å²) in [6.07, 6.45) is 2.24. The van der Waals surface area contributed by atoms with Crippen molar-refractivity contribution < 1.29 is 4.79 Å². The molecule has 0 aromatic carbocycles. The van der Waals surface area contributed by atoms with Gasteiger partial charge in [-0.05, 0) is 18.3 Å². The summed E-state index contributed by atoms with van der Waals surface area (Å²) >= 11 is 1.32. The lowest BCUT2D eigenvalue weighted by molar-refractivity contribution is 0.0578. The summed E-state index contributed by atoms with van der Waals surface area (Å²) < 4.78 is 0. The van der Waals surface area contributed by atoms with Gasteiger partial charge in [-0.2, -0.15) is 0 Å². The molecule has 88 valence electrons. The first-order valence-corrected chi connectivity index (χ1v) is 6.36. The van der Waals surface area contributed by atoms with E-state index in [-0.39, 0.29) is 11.3 Å². The second-order valence-electron chi connectivity index (χ2n) is 5.07. The van der Waals surface area contributed by atoms with Crippen molar-refractivity contribution in [1.29, 1.82) is 0 Å². The third-order valence-electron chi connectivity index (χ3n) is 2.93. The number of piperidine rings is 1. The van der Waals surface area contributed by atoms with Crippen LogP contribution in [0.4, 0.5) is 5.13 Å². The molecular formula is C11H17N3OS. The van der Waals surface area contributed by atoms with Crippen molar-refractivity contribution in [2.24, 2.45) is 5.41 Å². The summed E-state index contributed by atoms with van der Waals surface area (Å²) in [7, 11) is 0. The van der Waals surface area contributed by atoms with Gasteiger partial charge in [0.05, 0.1) is 0 Å². The molecule has 1 fully saturated rings. The predicted molar refractivity (Wildman–Crippen MR) is 65.4 cm³/mol. The van der Waals surface area contributed by atoms with Crippen molar-refractivity contribution in [2.75, 3.05) is 18.8 Å². The fourth-order valence-electron chi connectivity index (χ4n) is 2.14. The summed E-state index contributed by atoms with van der Waals surface area (Å²) in [5.41, 5.74) is 6.24. The first-order valence-electron chi connectivity index (χ1n) is 5.48. The standard InChI is InChI=1S/C11H17N3OS/c1-11(2)4-3-5-14(7-11)9(15)8-6-16-10(12)13-8/h6H,3-5,7H2,1-2H3,(H2,12,13). The molecule has 2 rings (SSSR count). The molecule has 2 N–H and O–H groups in total. The lowest BCUT2D eigenvalue weighted by Gasteiger charge is -2.37. The maximum Gasteiger partial charge on any atom is 0.273 e. The summed E-state index contributed by atoms with van der Waals surface area (Å²) in [5, 5.41) is 2.19. The average molecular weight is 239 g/mol. The van der Waals surface area contributed by atoms with E-state index in [9.17, 15) is 4.79 Å². The van der Waals surface area contributed by atoms with Gasteiger partial charge in [-0.1, -0.05) is 13.8 Å². The van der Waals surface area contributed by atoms with Gasteiger partial charge in [0, 0.05) is 18.5 Å². The minimum absolute atomic E-state index is 0.0146. The van der Waals surface area contributed by atoms with Crippen LogP contribution >= 0.6 is 11.3 Å². The Bertz CT molecular complexity index is 400. The highest BCUT2D eigenvalue weighted by Gasteiger charge is 2.30. The first kappa shape index (κ1) is 11.4. The Hall–Kier alpha value is -1.10. The van der Waals surface area contributed by atoms with Crippen molar-refractivity contribution in [1.82, 2.24) is 9.88 Å². The highest BCUT2D eigenvalue weighted by molar-refractivity contribution is 7.13. The molecule has 4 nitrogen and oxygen atoms in total. The number of hydrogen-bond donors (Lipinski definition) is 1. The molecule has 0 radical (unpaired) electrons. The van der Waals surface area contributed by atoms with Crippen LogP contribution in [0, 0.1) is 5.41 Å². The van der Waals surface area contributed by atoms with Crippen LogP contribution in [0.1, 0.15) is 37.2 Å². The Kier molecular flexibility index (Phi) is 2.88. The first-order chi connectivity index (χ1) is 7.48. The highest BCUT2D eigenvalue weighted by atomic mass is 32.1. The Morgan fingerprint density at radius 3 is 2.94 bits per heavy atom. The van der Waals surface area contributed by atoms with E-state index in [4.69, 9.17) is 5.73 Å². The Labute approximate surface area is 99.5 Å². The SMILES string of the molecule is CC1(C)CCCN(C(=O)c2csc(N)n2)C1. The van der Waals surface area contributed by atoms with Gasteiger partial charge in [0.2, 0.25) is 0 Å². The fourth-order valence-corrected chi connectivity index (χ4v) is 2.68. The van der Waals surface area contributed by atoms with Gasteiger partial charge < -0.3 is 10.6 Å². The molecule has 0 atom stereocenters. The molecule has 5 heteroatoms. The second kappa shape index (κ2) is 4.05. The fraction of sp³-hybridized carbons (Fsp3) is 0.636. The van der Waals surface area contributed by atoms with Crippen LogP contribution in [0.5, 0.6) is 0 Å². The minimum Gasteiger partial charge on any atom is -0.375 e. The molecule has 1 amide bonds. The zero-order valence-corrected chi connectivity index (χ0v) is 10.5. The molecule has 0 aliphatic carbocycles. The summed E-state index contributed by atoms with van der Waals surface area (Å²) in [4.78, 5) is 18.0. The molecule has 0 spiro atoms. The van der Waals surface area contributed by atoms with Gasteiger partial charge in [0.15, 0.2) is 5.13 Å². The largest absolute Gasteiger partial charge is 0.375 e. The number of hydrogen-bond acceptors (Lipinski definition) is 4. The number of anilines is 1. The van der Waals surface area contributed by atoms with Gasteiger partial charge in [-0.15, -0.1) is 11.3 Å². The minimum atomic E-state index is 0.0146. The molecule has 2 heterocycles. The van der Waals surface area contributed by atoms with E-state index >= 15 is 0 Å². The van der Waals surface area contributed by atoms with Gasteiger partial charge in [-0.25, -0.2) is 4.98 Å². The number of rotatable bonds is 1. The van der Waals surface area contributed by atoms with Crippen LogP contribution < -0.4 is 5.73 Å². The average Bonchev–Trinajstić information content (AvgIpc) is 2.62. The number of aromatic nitrogens is 1. The third kappa shape index (κ3) is 2.35. The molecule has 16 heavy (non-hydrogen) atoms. The lowest BCUT2D eigenvalue weighted by atomic mass is 9.84. The van der Waals surface area contributed by atoms with E-state index in [1.807, 2.05) is 4.90 Å². The maximum absolute atomic E-state index is 12.1. The molecule has 1 aromatic heterocycles. The number of likely N-dealkylation sites (tertiary alicyclic amines) is 1. The number of amides is 1. The van der Waals surface area contributed by atoms with Crippen LogP contribution in [-0.2, 0) is 0 Å². The predicted octanol–water partition coefficient (Wildman–Crippen LogP) is 1.99. The van der Waals surface area contributed by atoms with Crippen molar-refractivity contribution in [2.45, 2.75) is 26.7 Å². The molecule has 1 aliphatic heterocycles. The molecule has 1 saturated heterocycles. The van der Waals surface area contributed by atoms with Crippen molar-refractivity contribution in [3.05, 3.63) is 11.1 Å². The summed E-state index contributed by atoms with van der Waals surface area (Å²) in [5.74, 6) is 0.0146. The van der Waals surface area contributed by atoms with Gasteiger partial charge in [0.1, 0.15) is 5.69 Å². The number of carbonyl (C=O) groups excluding carboxylic acids is 1. The molecule has 0 unspecified atom stereocenters. The van der Waals surface area contributed by atoms with Crippen LogP contribution in [0.2, 0.25) is 0 Å².